The third-order valence-electron chi connectivity index (χ3n) is 6.69. The van der Waals surface area contributed by atoms with Gasteiger partial charge >= 0.3 is 0 Å². The molecular weight excluding hydrogens is 212 g/mol. The van der Waals surface area contributed by atoms with Crippen molar-refractivity contribution in [3.8, 4) is 0 Å². The molecule has 0 aromatic rings. The molecule has 0 spiro atoms. The molecule has 17 heavy (non-hydrogen) atoms. The second kappa shape index (κ2) is 2.91. The highest BCUT2D eigenvalue weighted by Gasteiger charge is 2.78. The van der Waals surface area contributed by atoms with E-state index in [0.717, 1.165) is 32.1 Å². The van der Waals surface area contributed by atoms with Gasteiger partial charge in [0.1, 0.15) is 5.60 Å². The summed E-state index contributed by atoms with van der Waals surface area (Å²) in [7, 11) is 0. The standard InChI is InChI=1S/C15H26O2/c1-10-5-8-14(16)12(2,3)9-13(4)7-6-11(10)15(13,14)17/h10-11,16-17H,5-9H2,1-4H3/t10-,11+,13+,14-,15+/m1/s1. The molecule has 0 aromatic carbocycles. The molecule has 98 valence electrons. The summed E-state index contributed by atoms with van der Waals surface area (Å²) in [5.41, 5.74) is -1.95. The zero-order valence-corrected chi connectivity index (χ0v) is 11.6. The SMILES string of the molecule is C[C@@H]1CC[C@@]2(O)C(C)(C)C[C@]3(C)CC[C@@H]1[C@]32O. The van der Waals surface area contributed by atoms with Crippen LogP contribution in [0, 0.1) is 22.7 Å². The number of aliphatic hydroxyl groups is 2. The van der Waals surface area contributed by atoms with Gasteiger partial charge in [-0.05, 0) is 49.4 Å². The summed E-state index contributed by atoms with van der Waals surface area (Å²) in [6.45, 7) is 8.73. The minimum atomic E-state index is -0.873. The van der Waals surface area contributed by atoms with Crippen molar-refractivity contribution in [3.05, 3.63) is 0 Å². The Bertz CT molecular complexity index is 364. The van der Waals surface area contributed by atoms with Gasteiger partial charge in [-0.1, -0.05) is 27.7 Å². The molecule has 0 unspecified atom stereocenters. The van der Waals surface area contributed by atoms with Crippen molar-refractivity contribution in [2.45, 2.75) is 71.0 Å². The molecule has 3 rings (SSSR count). The van der Waals surface area contributed by atoms with Crippen molar-refractivity contribution >= 4 is 0 Å². The van der Waals surface area contributed by atoms with E-state index in [1.54, 1.807) is 0 Å². The third kappa shape index (κ3) is 1.02. The maximum atomic E-state index is 11.4. The van der Waals surface area contributed by atoms with Crippen LogP contribution in [0.4, 0.5) is 0 Å². The van der Waals surface area contributed by atoms with Gasteiger partial charge in [0, 0.05) is 5.41 Å². The highest BCUT2D eigenvalue weighted by atomic mass is 16.4. The first-order valence-electron chi connectivity index (χ1n) is 7.13. The molecule has 0 heterocycles. The van der Waals surface area contributed by atoms with Crippen LogP contribution >= 0.6 is 0 Å². The fraction of sp³-hybridized carbons (Fsp3) is 1.00. The number of hydrogen-bond acceptors (Lipinski definition) is 2. The predicted octanol–water partition coefficient (Wildman–Crippen LogP) is 2.72. The second-order valence-electron chi connectivity index (χ2n) is 7.91. The predicted molar refractivity (Wildman–Crippen MR) is 67.5 cm³/mol. The lowest BCUT2D eigenvalue weighted by atomic mass is 9.57. The second-order valence-corrected chi connectivity index (χ2v) is 7.91. The maximum Gasteiger partial charge on any atom is 0.102 e. The molecule has 0 aromatic heterocycles. The minimum absolute atomic E-state index is 0.0788. The zero-order valence-electron chi connectivity index (χ0n) is 11.6. The molecular formula is C15H26O2. The summed E-state index contributed by atoms with van der Waals surface area (Å²) >= 11 is 0. The van der Waals surface area contributed by atoms with Gasteiger partial charge in [-0.15, -0.1) is 0 Å². The van der Waals surface area contributed by atoms with Gasteiger partial charge in [-0.25, -0.2) is 0 Å². The van der Waals surface area contributed by atoms with E-state index in [-0.39, 0.29) is 10.8 Å². The van der Waals surface area contributed by atoms with E-state index in [4.69, 9.17) is 0 Å². The molecule has 0 saturated heterocycles. The van der Waals surface area contributed by atoms with Crippen molar-refractivity contribution < 1.29 is 10.2 Å². The molecule has 3 saturated carbocycles. The Morgan fingerprint density at radius 3 is 2.29 bits per heavy atom. The molecule has 0 bridgehead atoms. The highest BCUT2D eigenvalue weighted by Crippen LogP contribution is 2.73. The monoisotopic (exact) mass is 238 g/mol. The summed E-state index contributed by atoms with van der Waals surface area (Å²) in [6, 6.07) is 0. The normalized spacial score (nSPS) is 60.4. The van der Waals surface area contributed by atoms with E-state index >= 15 is 0 Å². The van der Waals surface area contributed by atoms with Crippen molar-refractivity contribution in [3.63, 3.8) is 0 Å². The summed E-state index contributed by atoms with van der Waals surface area (Å²) in [6.07, 6.45) is 4.94. The Balaban J connectivity index is 2.19. The Labute approximate surface area is 104 Å². The average Bonchev–Trinajstić information content (AvgIpc) is 2.52. The quantitative estimate of drug-likeness (QED) is 0.681. The fourth-order valence-corrected chi connectivity index (χ4v) is 5.85. The van der Waals surface area contributed by atoms with Crippen LogP contribution in [0.1, 0.15) is 59.8 Å². The lowest BCUT2D eigenvalue weighted by Crippen LogP contribution is -2.65. The molecule has 2 heteroatoms. The van der Waals surface area contributed by atoms with Gasteiger partial charge < -0.3 is 10.2 Å². The Morgan fingerprint density at radius 1 is 1.00 bits per heavy atom. The minimum Gasteiger partial charge on any atom is -0.386 e. The van der Waals surface area contributed by atoms with Gasteiger partial charge in [0.2, 0.25) is 0 Å². The van der Waals surface area contributed by atoms with E-state index < -0.39 is 11.2 Å². The van der Waals surface area contributed by atoms with E-state index in [1.165, 1.54) is 0 Å². The van der Waals surface area contributed by atoms with Crippen LogP contribution < -0.4 is 0 Å². The topological polar surface area (TPSA) is 40.5 Å². The maximum absolute atomic E-state index is 11.4. The summed E-state index contributed by atoms with van der Waals surface area (Å²) in [5.74, 6) is 0.851. The Morgan fingerprint density at radius 2 is 1.65 bits per heavy atom. The summed E-state index contributed by atoms with van der Waals surface area (Å²) in [4.78, 5) is 0. The third-order valence-corrected chi connectivity index (χ3v) is 6.69. The van der Waals surface area contributed by atoms with Crippen molar-refractivity contribution in [2.75, 3.05) is 0 Å². The first-order valence-corrected chi connectivity index (χ1v) is 7.13. The molecule has 2 N–H and O–H groups in total. The van der Waals surface area contributed by atoms with E-state index in [1.807, 2.05) is 0 Å². The van der Waals surface area contributed by atoms with Crippen molar-refractivity contribution in [2.24, 2.45) is 22.7 Å². The molecule has 5 atom stereocenters. The molecule has 2 nitrogen and oxygen atoms in total. The van der Waals surface area contributed by atoms with Crippen LogP contribution in [-0.4, -0.2) is 21.4 Å². The van der Waals surface area contributed by atoms with Gasteiger partial charge in [0.05, 0.1) is 5.60 Å². The van der Waals surface area contributed by atoms with Gasteiger partial charge in [-0.2, -0.15) is 0 Å². The smallest absolute Gasteiger partial charge is 0.102 e. The first-order chi connectivity index (χ1) is 7.68. The summed E-state index contributed by atoms with van der Waals surface area (Å²) < 4.78 is 0. The summed E-state index contributed by atoms with van der Waals surface area (Å²) in [5, 5.41) is 22.6. The van der Waals surface area contributed by atoms with Gasteiger partial charge in [0.25, 0.3) is 0 Å². The average molecular weight is 238 g/mol. The molecule has 3 aliphatic rings. The Hall–Kier alpha value is -0.0800. The molecule has 3 fully saturated rings. The highest BCUT2D eigenvalue weighted by molar-refractivity contribution is 5.28. The van der Waals surface area contributed by atoms with E-state index in [0.29, 0.717) is 11.8 Å². The van der Waals surface area contributed by atoms with Crippen LogP contribution in [0.5, 0.6) is 0 Å². The first kappa shape index (κ1) is 12.0. The molecule has 0 aliphatic heterocycles. The fourth-order valence-electron chi connectivity index (χ4n) is 5.85. The van der Waals surface area contributed by atoms with Crippen molar-refractivity contribution in [1.82, 2.24) is 0 Å². The Kier molecular flexibility index (Phi) is 2.05. The van der Waals surface area contributed by atoms with E-state index in [9.17, 15) is 10.2 Å². The van der Waals surface area contributed by atoms with Crippen LogP contribution in [0.25, 0.3) is 0 Å². The lowest BCUT2D eigenvalue weighted by Gasteiger charge is -2.55. The molecule has 0 radical (unpaired) electrons. The van der Waals surface area contributed by atoms with Crippen LogP contribution in [0.15, 0.2) is 0 Å². The number of rotatable bonds is 0. The van der Waals surface area contributed by atoms with Gasteiger partial charge in [-0.3, -0.25) is 0 Å². The van der Waals surface area contributed by atoms with Crippen LogP contribution in [0.3, 0.4) is 0 Å². The van der Waals surface area contributed by atoms with Crippen LogP contribution in [0.2, 0.25) is 0 Å². The van der Waals surface area contributed by atoms with Crippen LogP contribution in [-0.2, 0) is 0 Å². The molecule has 0 amide bonds. The molecule has 3 aliphatic carbocycles. The lowest BCUT2D eigenvalue weighted by molar-refractivity contribution is -0.239. The van der Waals surface area contributed by atoms with E-state index in [2.05, 4.69) is 27.7 Å². The van der Waals surface area contributed by atoms with Gasteiger partial charge in [0.15, 0.2) is 0 Å². The van der Waals surface area contributed by atoms with Crippen molar-refractivity contribution in [1.29, 1.82) is 0 Å². The largest absolute Gasteiger partial charge is 0.386 e. The number of hydrogen-bond donors (Lipinski definition) is 2. The zero-order chi connectivity index (χ0) is 12.7.